The van der Waals surface area contributed by atoms with Gasteiger partial charge in [-0.3, -0.25) is 9.89 Å². The lowest BCUT2D eigenvalue weighted by molar-refractivity contribution is 0.101. The first-order valence-electron chi connectivity index (χ1n) is 5.96. The number of rotatable bonds is 2. The molecule has 0 unspecified atom stereocenters. The van der Waals surface area contributed by atoms with Crippen molar-refractivity contribution in [2.24, 2.45) is 0 Å². The molecule has 6 heteroatoms. The minimum Gasteiger partial charge on any atom is -0.397 e. The van der Waals surface area contributed by atoms with Crippen LogP contribution >= 0.6 is 0 Å². The molecule has 1 heterocycles. The summed E-state index contributed by atoms with van der Waals surface area (Å²) in [6.07, 6.45) is 0. The van der Waals surface area contributed by atoms with E-state index in [2.05, 4.69) is 20.5 Å². The number of nitrogens with one attached hydrogen (secondary N) is 2. The maximum Gasteiger partial charge on any atom is 0.295 e. The van der Waals surface area contributed by atoms with Crippen molar-refractivity contribution in [2.75, 3.05) is 11.1 Å². The Labute approximate surface area is 111 Å². The highest BCUT2D eigenvalue weighted by Gasteiger charge is 2.21. The summed E-state index contributed by atoms with van der Waals surface area (Å²) < 4.78 is 0. The summed E-state index contributed by atoms with van der Waals surface area (Å²) in [5.74, 6) is 0.386. The van der Waals surface area contributed by atoms with Gasteiger partial charge in [0.05, 0.1) is 11.4 Å². The van der Waals surface area contributed by atoms with Gasteiger partial charge in [0.25, 0.3) is 5.91 Å². The fourth-order valence-electron chi connectivity index (χ4n) is 1.49. The molecule has 0 atom stereocenters. The molecule has 0 radical (unpaired) electrons. The molecule has 1 aromatic carbocycles. The van der Waals surface area contributed by atoms with E-state index in [9.17, 15) is 4.79 Å². The molecule has 1 aromatic heterocycles. The molecule has 2 aromatic rings. The van der Waals surface area contributed by atoms with Crippen LogP contribution in [0.2, 0.25) is 0 Å². The maximum absolute atomic E-state index is 12.0. The number of hydrogen-bond donors (Lipinski definition) is 3. The molecule has 0 saturated carbocycles. The summed E-state index contributed by atoms with van der Waals surface area (Å²) in [5.41, 5.74) is 6.63. The van der Waals surface area contributed by atoms with Crippen LogP contribution in [0, 0.1) is 0 Å². The van der Waals surface area contributed by atoms with Crippen molar-refractivity contribution in [3.63, 3.8) is 0 Å². The Kier molecular flexibility index (Phi) is 3.25. The van der Waals surface area contributed by atoms with Crippen molar-refractivity contribution in [3.05, 3.63) is 35.9 Å². The Morgan fingerprint density at radius 1 is 1.32 bits per heavy atom. The number of carbonyl (C=O) groups is 1. The van der Waals surface area contributed by atoms with E-state index < -0.39 is 0 Å². The lowest BCUT2D eigenvalue weighted by Gasteiger charge is -2.12. The van der Waals surface area contributed by atoms with E-state index in [0.717, 1.165) is 0 Å². The molecule has 4 N–H and O–H groups in total. The largest absolute Gasteiger partial charge is 0.397 e. The van der Waals surface area contributed by atoms with Crippen LogP contribution in [0.3, 0.4) is 0 Å². The normalized spacial score (nSPS) is 11.3. The number of aromatic amines is 1. The molecule has 0 bridgehead atoms. The van der Waals surface area contributed by atoms with Gasteiger partial charge < -0.3 is 11.1 Å². The zero-order chi connectivity index (χ0) is 14.0. The average Bonchev–Trinajstić information content (AvgIpc) is 2.81. The quantitative estimate of drug-likeness (QED) is 0.718. The van der Waals surface area contributed by atoms with Gasteiger partial charge in [-0.15, -0.1) is 5.10 Å². The number of H-pyrrole nitrogens is 1. The highest BCUT2D eigenvalue weighted by molar-refractivity contribution is 6.03. The zero-order valence-electron chi connectivity index (χ0n) is 11.2. The first kappa shape index (κ1) is 13.1. The summed E-state index contributed by atoms with van der Waals surface area (Å²) in [5, 5.41) is 9.38. The third kappa shape index (κ3) is 2.90. The number of nitrogens with two attached hydrogens (primary N) is 1. The smallest absolute Gasteiger partial charge is 0.295 e. The summed E-state index contributed by atoms with van der Waals surface area (Å²) in [6, 6.07) is 7.04. The number of amides is 1. The van der Waals surface area contributed by atoms with Gasteiger partial charge in [-0.1, -0.05) is 32.9 Å². The first-order chi connectivity index (χ1) is 8.88. The Hall–Kier alpha value is -2.37. The minimum absolute atomic E-state index is 0.105. The first-order valence-corrected chi connectivity index (χ1v) is 5.96. The van der Waals surface area contributed by atoms with Crippen molar-refractivity contribution in [1.82, 2.24) is 15.2 Å². The van der Waals surface area contributed by atoms with Crippen LogP contribution in [0.4, 0.5) is 11.4 Å². The zero-order valence-corrected chi connectivity index (χ0v) is 11.2. The number of anilines is 2. The molecule has 0 aliphatic rings. The predicted molar refractivity (Wildman–Crippen MR) is 73.9 cm³/mol. The third-order valence-corrected chi connectivity index (χ3v) is 2.61. The Bertz CT molecular complexity index is 597. The molecular weight excluding hydrogens is 242 g/mol. The number of para-hydroxylation sites is 2. The van der Waals surface area contributed by atoms with Crippen LogP contribution in [-0.4, -0.2) is 21.1 Å². The lowest BCUT2D eigenvalue weighted by Crippen LogP contribution is -2.16. The van der Waals surface area contributed by atoms with Crippen molar-refractivity contribution < 1.29 is 4.79 Å². The number of nitrogens with zero attached hydrogens (tertiary/aromatic N) is 2. The van der Waals surface area contributed by atoms with Gasteiger partial charge in [-0.2, -0.15) is 0 Å². The second-order valence-corrected chi connectivity index (χ2v) is 5.30. The number of aromatic nitrogens is 3. The van der Waals surface area contributed by atoms with E-state index in [1.54, 1.807) is 24.3 Å². The Balaban J connectivity index is 2.17. The summed E-state index contributed by atoms with van der Waals surface area (Å²) >= 11 is 0. The van der Waals surface area contributed by atoms with Gasteiger partial charge in [0.1, 0.15) is 5.82 Å². The van der Waals surface area contributed by atoms with Crippen LogP contribution in [0.25, 0.3) is 0 Å². The highest BCUT2D eigenvalue weighted by atomic mass is 16.2. The lowest BCUT2D eigenvalue weighted by atomic mass is 9.96. The van der Waals surface area contributed by atoms with E-state index in [-0.39, 0.29) is 17.1 Å². The van der Waals surface area contributed by atoms with Crippen molar-refractivity contribution in [3.8, 4) is 0 Å². The molecule has 0 aliphatic heterocycles. The van der Waals surface area contributed by atoms with Gasteiger partial charge in [0.2, 0.25) is 5.82 Å². The monoisotopic (exact) mass is 259 g/mol. The van der Waals surface area contributed by atoms with E-state index in [1.807, 2.05) is 20.8 Å². The number of nitrogen functional groups attached to an aromatic ring is 1. The van der Waals surface area contributed by atoms with Crippen LogP contribution in [0.15, 0.2) is 24.3 Å². The Morgan fingerprint density at radius 3 is 2.58 bits per heavy atom. The van der Waals surface area contributed by atoms with Crippen LogP contribution in [0.1, 0.15) is 37.2 Å². The SMILES string of the molecule is CC(C)(C)c1nc(C(=O)Nc2ccccc2N)n[nH]1. The fraction of sp³-hybridized carbons (Fsp3) is 0.308. The van der Waals surface area contributed by atoms with Crippen molar-refractivity contribution in [1.29, 1.82) is 0 Å². The van der Waals surface area contributed by atoms with Crippen LogP contribution < -0.4 is 11.1 Å². The summed E-state index contributed by atoms with van der Waals surface area (Å²) in [4.78, 5) is 16.2. The predicted octanol–water partition coefficient (Wildman–Crippen LogP) is 1.94. The summed E-state index contributed by atoms with van der Waals surface area (Å²) in [6.45, 7) is 5.97. The molecular formula is C13H17N5O. The number of benzene rings is 1. The molecule has 2 rings (SSSR count). The second kappa shape index (κ2) is 4.72. The minimum atomic E-state index is -0.385. The van der Waals surface area contributed by atoms with Crippen LogP contribution in [-0.2, 0) is 5.41 Å². The third-order valence-electron chi connectivity index (χ3n) is 2.61. The molecule has 19 heavy (non-hydrogen) atoms. The number of carbonyl (C=O) groups excluding carboxylic acids is 1. The maximum atomic E-state index is 12.0. The molecule has 6 nitrogen and oxygen atoms in total. The molecule has 1 amide bonds. The van der Waals surface area contributed by atoms with Gasteiger partial charge in [-0.25, -0.2) is 4.98 Å². The molecule has 0 fully saturated rings. The second-order valence-electron chi connectivity index (χ2n) is 5.30. The number of hydrogen-bond acceptors (Lipinski definition) is 4. The van der Waals surface area contributed by atoms with Crippen molar-refractivity contribution in [2.45, 2.75) is 26.2 Å². The van der Waals surface area contributed by atoms with E-state index in [4.69, 9.17) is 5.73 Å². The van der Waals surface area contributed by atoms with Gasteiger partial charge in [-0.05, 0) is 12.1 Å². The topological polar surface area (TPSA) is 96.7 Å². The fourth-order valence-corrected chi connectivity index (χ4v) is 1.49. The average molecular weight is 259 g/mol. The molecule has 0 aliphatic carbocycles. The van der Waals surface area contributed by atoms with Crippen LogP contribution in [0.5, 0.6) is 0 Å². The molecule has 0 spiro atoms. The highest BCUT2D eigenvalue weighted by Crippen LogP contribution is 2.19. The van der Waals surface area contributed by atoms with E-state index >= 15 is 0 Å². The van der Waals surface area contributed by atoms with Crippen molar-refractivity contribution >= 4 is 17.3 Å². The molecule has 100 valence electrons. The standard InChI is InChI=1S/C13H17N5O/c1-13(2,3)12-16-10(17-18-12)11(19)15-9-7-5-4-6-8(9)14/h4-7H,14H2,1-3H3,(H,15,19)(H,16,17,18). The van der Waals surface area contributed by atoms with E-state index in [0.29, 0.717) is 17.2 Å². The summed E-state index contributed by atoms with van der Waals surface area (Å²) in [7, 11) is 0. The van der Waals surface area contributed by atoms with Gasteiger partial charge in [0, 0.05) is 5.41 Å². The van der Waals surface area contributed by atoms with Gasteiger partial charge >= 0.3 is 0 Å². The Morgan fingerprint density at radius 2 is 2.00 bits per heavy atom. The van der Waals surface area contributed by atoms with Gasteiger partial charge in [0.15, 0.2) is 0 Å². The molecule has 0 saturated heterocycles. The van der Waals surface area contributed by atoms with E-state index in [1.165, 1.54) is 0 Å².